The third kappa shape index (κ3) is 4.51. The maximum absolute atomic E-state index is 12.1. The first-order valence-corrected chi connectivity index (χ1v) is 7.98. The molecule has 0 saturated carbocycles. The Morgan fingerprint density at radius 2 is 2.20 bits per heavy atom. The maximum Gasteiger partial charge on any atom is 0.232 e. The summed E-state index contributed by atoms with van der Waals surface area (Å²) in [5.41, 5.74) is 2.49. The molecule has 4 nitrogen and oxygen atoms in total. The first-order chi connectivity index (χ1) is 9.69. The van der Waals surface area contributed by atoms with E-state index < -0.39 is 0 Å². The van der Waals surface area contributed by atoms with E-state index >= 15 is 0 Å². The molecule has 1 aliphatic heterocycles. The Balaban J connectivity index is 1.73. The molecule has 1 heterocycles. The first kappa shape index (κ1) is 15.4. The molecular formula is C15H21NO3S. The van der Waals surface area contributed by atoms with Crippen LogP contribution >= 0.6 is 11.8 Å². The number of carbonyl (C=O) groups is 1. The Bertz CT molecular complexity index is 435. The van der Waals surface area contributed by atoms with Gasteiger partial charge in [0, 0.05) is 18.8 Å². The number of nitrogens with zero attached hydrogens (tertiary/aromatic N) is 1. The molecule has 1 unspecified atom stereocenters. The topological polar surface area (TPSA) is 49.8 Å². The lowest BCUT2D eigenvalue weighted by Crippen LogP contribution is -2.47. The second-order valence-corrected chi connectivity index (χ2v) is 5.98. The summed E-state index contributed by atoms with van der Waals surface area (Å²) in [6.07, 6.45) is -0.227. The number of aliphatic hydroxyl groups is 1. The van der Waals surface area contributed by atoms with Crippen molar-refractivity contribution in [1.29, 1.82) is 0 Å². The highest BCUT2D eigenvalue weighted by molar-refractivity contribution is 7.99. The van der Waals surface area contributed by atoms with Gasteiger partial charge >= 0.3 is 0 Å². The van der Waals surface area contributed by atoms with E-state index in [0.29, 0.717) is 25.4 Å². The minimum Gasteiger partial charge on any atom is -0.394 e. The van der Waals surface area contributed by atoms with Crippen LogP contribution in [-0.4, -0.2) is 54.1 Å². The molecular weight excluding hydrogens is 274 g/mol. The summed E-state index contributed by atoms with van der Waals surface area (Å²) in [5.74, 6) is 1.45. The quantitative estimate of drug-likeness (QED) is 0.893. The van der Waals surface area contributed by atoms with E-state index in [1.54, 1.807) is 16.7 Å². The van der Waals surface area contributed by atoms with Gasteiger partial charge < -0.3 is 14.7 Å². The van der Waals surface area contributed by atoms with Gasteiger partial charge in [-0.3, -0.25) is 4.79 Å². The lowest BCUT2D eigenvalue weighted by Gasteiger charge is -2.32. The first-order valence-electron chi connectivity index (χ1n) is 6.82. The van der Waals surface area contributed by atoms with E-state index in [-0.39, 0.29) is 18.6 Å². The van der Waals surface area contributed by atoms with Crippen molar-refractivity contribution in [3.05, 3.63) is 35.4 Å². The molecule has 110 valence electrons. The van der Waals surface area contributed by atoms with Gasteiger partial charge in [0.2, 0.25) is 5.91 Å². The molecule has 1 N–H and O–H groups in total. The van der Waals surface area contributed by atoms with E-state index in [2.05, 4.69) is 31.2 Å². The number of morpholine rings is 1. The van der Waals surface area contributed by atoms with E-state index in [4.69, 9.17) is 9.84 Å². The molecule has 5 heteroatoms. The molecule has 2 rings (SSSR count). The average Bonchev–Trinajstić information content (AvgIpc) is 2.49. The number of rotatable bonds is 5. The molecule has 0 bridgehead atoms. The second kappa shape index (κ2) is 7.67. The normalized spacial score (nSPS) is 19.1. The summed E-state index contributed by atoms with van der Waals surface area (Å²) in [6, 6.07) is 8.38. The third-order valence-electron chi connectivity index (χ3n) is 3.31. The van der Waals surface area contributed by atoms with Crippen molar-refractivity contribution >= 4 is 17.7 Å². The molecule has 0 aromatic heterocycles. The summed E-state index contributed by atoms with van der Waals surface area (Å²) in [4.78, 5) is 13.9. The number of aliphatic hydroxyl groups excluding tert-OH is 1. The van der Waals surface area contributed by atoms with Gasteiger partial charge in [-0.05, 0) is 12.5 Å². The van der Waals surface area contributed by atoms with Gasteiger partial charge in [-0.15, -0.1) is 11.8 Å². The summed E-state index contributed by atoms with van der Waals surface area (Å²) in [7, 11) is 0. The zero-order valence-corrected chi connectivity index (χ0v) is 12.6. The van der Waals surface area contributed by atoms with Crippen LogP contribution in [0.25, 0.3) is 0 Å². The number of hydrogen-bond acceptors (Lipinski definition) is 4. The highest BCUT2D eigenvalue weighted by Crippen LogP contribution is 2.14. The molecule has 0 aliphatic carbocycles. The van der Waals surface area contributed by atoms with Gasteiger partial charge in [-0.1, -0.05) is 29.8 Å². The number of ether oxygens (including phenoxy) is 1. The monoisotopic (exact) mass is 295 g/mol. The van der Waals surface area contributed by atoms with Gasteiger partial charge in [0.1, 0.15) is 0 Å². The fraction of sp³-hybridized carbons (Fsp3) is 0.533. The molecule has 20 heavy (non-hydrogen) atoms. The van der Waals surface area contributed by atoms with Crippen LogP contribution in [0.4, 0.5) is 0 Å². The van der Waals surface area contributed by atoms with Crippen LogP contribution in [0.3, 0.4) is 0 Å². The third-order valence-corrected chi connectivity index (χ3v) is 4.30. The number of thioether (sulfide) groups is 1. The van der Waals surface area contributed by atoms with Crippen LogP contribution in [0.2, 0.25) is 0 Å². The minimum atomic E-state index is -0.227. The van der Waals surface area contributed by atoms with Crippen LogP contribution in [0, 0.1) is 6.92 Å². The largest absolute Gasteiger partial charge is 0.394 e. The lowest BCUT2D eigenvalue weighted by molar-refractivity contribution is -0.137. The molecule has 1 atom stereocenters. The second-order valence-electron chi connectivity index (χ2n) is 4.99. The minimum absolute atomic E-state index is 0.0275. The van der Waals surface area contributed by atoms with E-state index in [1.807, 2.05) is 0 Å². The predicted octanol–water partition coefficient (Wildman–Crippen LogP) is 1.45. The number of benzene rings is 1. The smallest absolute Gasteiger partial charge is 0.232 e. The van der Waals surface area contributed by atoms with E-state index in [0.717, 1.165) is 5.75 Å². The van der Waals surface area contributed by atoms with Crippen molar-refractivity contribution < 1.29 is 14.6 Å². The van der Waals surface area contributed by atoms with E-state index in [9.17, 15) is 4.79 Å². The van der Waals surface area contributed by atoms with Crippen molar-refractivity contribution in [2.24, 2.45) is 0 Å². The Hall–Kier alpha value is -1.04. The van der Waals surface area contributed by atoms with Gasteiger partial charge in [0.05, 0.1) is 25.1 Å². The zero-order chi connectivity index (χ0) is 14.4. The van der Waals surface area contributed by atoms with Crippen LogP contribution in [0.1, 0.15) is 11.1 Å². The molecule has 1 fully saturated rings. The number of carbonyl (C=O) groups excluding carboxylic acids is 1. The van der Waals surface area contributed by atoms with Gasteiger partial charge in [-0.25, -0.2) is 0 Å². The van der Waals surface area contributed by atoms with Crippen molar-refractivity contribution in [1.82, 2.24) is 4.90 Å². The summed E-state index contributed by atoms with van der Waals surface area (Å²) >= 11 is 1.63. The summed E-state index contributed by atoms with van der Waals surface area (Å²) < 4.78 is 5.34. The summed E-state index contributed by atoms with van der Waals surface area (Å²) in [5, 5.41) is 9.07. The highest BCUT2D eigenvalue weighted by Gasteiger charge is 2.23. The Labute approximate surface area is 124 Å². The standard InChI is InChI=1S/C15H21NO3S/c1-12-2-4-13(5-3-12)10-20-11-15(18)16-6-7-19-14(8-16)9-17/h2-5,14,17H,6-11H2,1H3. The Morgan fingerprint density at radius 3 is 2.90 bits per heavy atom. The number of aryl methyl sites for hydroxylation is 1. The average molecular weight is 295 g/mol. The maximum atomic E-state index is 12.1. The molecule has 1 aromatic rings. The molecule has 1 saturated heterocycles. The fourth-order valence-corrected chi connectivity index (χ4v) is 2.98. The van der Waals surface area contributed by atoms with Crippen molar-refractivity contribution in [2.45, 2.75) is 18.8 Å². The van der Waals surface area contributed by atoms with Crippen molar-refractivity contribution in [2.75, 3.05) is 32.1 Å². The Morgan fingerprint density at radius 1 is 1.45 bits per heavy atom. The molecule has 1 aliphatic rings. The van der Waals surface area contributed by atoms with Gasteiger partial charge in [-0.2, -0.15) is 0 Å². The van der Waals surface area contributed by atoms with Crippen molar-refractivity contribution in [3.8, 4) is 0 Å². The van der Waals surface area contributed by atoms with Crippen LogP contribution in [0.15, 0.2) is 24.3 Å². The number of amides is 1. The van der Waals surface area contributed by atoms with Gasteiger partial charge in [0.15, 0.2) is 0 Å². The molecule has 0 radical (unpaired) electrons. The highest BCUT2D eigenvalue weighted by atomic mass is 32.2. The van der Waals surface area contributed by atoms with Crippen LogP contribution < -0.4 is 0 Å². The zero-order valence-electron chi connectivity index (χ0n) is 11.7. The van der Waals surface area contributed by atoms with Crippen LogP contribution in [-0.2, 0) is 15.3 Å². The molecule has 0 spiro atoms. The van der Waals surface area contributed by atoms with E-state index in [1.165, 1.54) is 11.1 Å². The SMILES string of the molecule is Cc1ccc(CSCC(=O)N2CCOC(CO)C2)cc1. The summed E-state index contributed by atoms with van der Waals surface area (Å²) in [6.45, 7) is 3.68. The van der Waals surface area contributed by atoms with Crippen molar-refractivity contribution in [3.63, 3.8) is 0 Å². The Kier molecular flexibility index (Phi) is 5.88. The lowest BCUT2D eigenvalue weighted by atomic mass is 10.2. The molecule has 1 aromatic carbocycles. The number of hydrogen-bond donors (Lipinski definition) is 1. The fourth-order valence-electron chi connectivity index (χ4n) is 2.09. The molecule has 1 amide bonds. The van der Waals surface area contributed by atoms with Crippen LogP contribution in [0.5, 0.6) is 0 Å². The van der Waals surface area contributed by atoms with Gasteiger partial charge in [0.25, 0.3) is 0 Å². The predicted molar refractivity (Wildman–Crippen MR) is 80.7 cm³/mol.